The van der Waals surface area contributed by atoms with Crippen LogP contribution in [0.1, 0.15) is 12.8 Å². The Morgan fingerprint density at radius 1 is 1.21 bits per heavy atom. The first-order chi connectivity index (χ1) is 6.57. The molecule has 0 aliphatic carbocycles. The van der Waals surface area contributed by atoms with Gasteiger partial charge in [0.2, 0.25) is 0 Å². The predicted octanol–water partition coefficient (Wildman–Crippen LogP) is -0.411. The monoisotopic (exact) mass is 218 g/mol. The van der Waals surface area contributed by atoms with Crippen LogP contribution in [0, 0.1) is 0 Å². The molecule has 5 nitrogen and oxygen atoms in total. The van der Waals surface area contributed by atoms with Crippen LogP contribution in [0.4, 0.5) is 4.79 Å². The van der Waals surface area contributed by atoms with Crippen LogP contribution in [0.3, 0.4) is 0 Å². The molecule has 6 heteroatoms. The van der Waals surface area contributed by atoms with Gasteiger partial charge in [0.05, 0.1) is 17.5 Å². The zero-order valence-electron chi connectivity index (χ0n) is 7.90. The number of carbonyl (C=O) groups excluding carboxylic acids is 1. The number of hydrogen-bond donors (Lipinski definition) is 1. The fraction of sp³-hybridized carbons (Fsp3) is 0.875. The maximum absolute atomic E-state index is 11.5. The number of hydrogen-bond acceptors (Lipinski definition) is 3. The van der Waals surface area contributed by atoms with Gasteiger partial charge in [0.15, 0.2) is 9.84 Å². The average molecular weight is 218 g/mol. The number of sulfone groups is 1. The Balaban J connectivity index is 1.78. The molecule has 2 amide bonds. The summed E-state index contributed by atoms with van der Waals surface area (Å²) in [6, 6.07) is -0.268. The third-order valence-corrected chi connectivity index (χ3v) is 4.45. The summed E-state index contributed by atoms with van der Waals surface area (Å²) in [5.41, 5.74) is 0. The maximum Gasteiger partial charge on any atom is 0.317 e. The number of rotatable bonds is 1. The summed E-state index contributed by atoms with van der Waals surface area (Å²) < 4.78 is 21.7. The average Bonchev–Trinajstić information content (AvgIpc) is 2.51. The number of nitrogens with one attached hydrogen (secondary N) is 1. The van der Waals surface area contributed by atoms with E-state index < -0.39 is 9.84 Å². The lowest BCUT2D eigenvalue weighted by molar-refractivity contribution is 0.206. The van der Waals surface area contributed by atoms with E-state index in [0.717, 1.165) is 25.9 Å². The lowest BCUT2D eigenvalue weighted by atomic mass is 10.4. The van der Waals surface area contributed by atoms with Gasteiger partial charge in [-0.2, -0.15) is 0 Å². The Morgan fingerprint density at radius 3 is 2.29 bits per heavy atom. The van der Waals surface area contributed by atoms with Crippen LogP contribution in [0.25, 0.3) is 0 Å². The van der Waals surface area contributed by atoms with Crippen LogP contribution in [-0.4, -0.2) is 50.0 Å². The Morgan fingerprint density at radius 2 is 1.79 bits per heavy atom. The van der Waals surface area contributed by atoms with Gasteiger partial charge in [0.1, 0.15) is 0 Å². The molecule has 0 bridgehead atoms. The van der Waals surface area contributed by atoms with E-state index in [9.17, 15) is 13.2 Å². The van der Waals surface area contributed by atoms with Gasteiger partial charge in [-0.15, -0.1) is 0 Å². The van der Waals surface area contributed by atoms with Crippen molar-refractivity contribution in [2.75, 3.05) is 24.6 Å². The minimum atomic E-state index is -2.83. The lowest BCUT2D eigenvalue weighted by Crippen LogP contribution is -2.55. The number of carbonyl (C=O) groups is 1. The lowest BCUT2D eigenvalue weighted by Gasteiger charge is -2.28. The molecule has 0 radical (unpaired) electrons. The van der Waals surface area contributed by atoms with Gasteiger partial charge in [0.25, 0.3) is 0 Å². The molecule has 0 spiro atoms. The first kappa shape index (κ1) is 9.76. The van der Waals surface area contributed by atoms with Crippen LogP contribution >= 0.6 is 0 Å². The van der Waals surface area contributed by atoms with Crippen molar-refractivity contribution in [3.8, 4) is 0 Å². The Labute approximate surface area is 83.4 Å². The summed E-state index contributed by atoms with van der Waals surface area (Å²) in [6.07, 6.45) is 2.10. The molecule has 0 saturated carbocycles. The van der Waals surface area contributed by atoms with E-state index >= 15 is 0 Å². The van der Waals surface area contributed by atoms with E-state index in [1.54, 1.807) is 4.90 Å². The second kappa shape index (κ2) is 3.42. The molecule has 2 heterocycles. The summed E-state index contributed by atoms with van der Waals surface area (Å²) in [6.45, 7) is 1.59. The summed E-state index contributed by atoms with van der Waals surface area (Å²) >= 11 is 0. The molecule has 2 saturated heterocycles. The normalized spacial score (nSPS) is 25.9. The minimum Gasteiger partial charge on any atom is -0.333 e. The van der Waals surface area contributed by atoms with Crippen molar-refractivity contribution in [2.45, 2.75) is 18.9 Å². The van der Waals surface area contributed by atoms with Crippen molar-refractivity contribution in [2.24, 2.45) is 0 Å². The second-order valence-electron chi connectivity index (χ2n) is 3.92. The summed E-state index contributed by atoms with van der Waals surface area (Å²) in [5, 5.41) is 2.72. The highest BCUT2D eigenvalue weighted by Crippen LogP contribution is 2.12. The van der Waals surface area contributed by atoms with Crippen LogP contribution in [0.15, 0.2) is 0 Å². The fourth-order valence-corrected chi connectivity index (χ4v) is 3.13. The van der Waals surface area contributed by atoms with E-state index in [1.165, 1.54) is 0 Å². The number of amides is 2. The number of nitrogens with zero attached hydrogens (tertiary/aromatic N) is 1. The van der Waals surface area contributed by atoms with Crippen LogP contribution in [0.5, 0.6) is 0 Å². The molecule has 0 aromatic heterocycles. The standard InChI is InChI=1S/C8H14N2O3S/c11-8(10-3-1-2-4-10)9-7-5-14(12,13)6-7/h7H,1-6H2,(H,9,11). The van der Waals surface area contributed by atoms with Crippen molar-refractivity contribution in [1.29, 1.82) is 0 Å². The van der Waals surface area contributed by atoms with Gasteiger partial charge < -0.3 is 10.2 Å². The van der Waals surface area contributed by atoms with Crippen LogP contribution in [-0.2, 0) is 9.84 Å². The third kappa shape index (κ3) is 2.00. The first-order valence-electron chi connectivity index (χ1n) is 4.83. The van der Waals surface area contributed by atoms with E-state index in [-0.39, 0.29) is 23.6 Å². The maximum atomic E-state index is 11.5. The Hall–Kier alpha value is -0.780. The molecule has 2 rings (SSSR count). The van der Waals surface area contributed by atoms with Crippen molar-refractivity contribution < 1.29 is 13.2 Å². The van der Waals surface area contributed by atoms with E-state index in [2.05, 4.69) is 5.32 Å². The predicted molar refractivity (Wildman–Crippen MR) is 51.8 cm³/mol. The molecule has 2 aliphatic heterocycles. The molecule has 80 valence electrons. The van der Waals surface area contributed by atoms with Crippen molar-refractivity contribution in [3.63, 3.8) is 0 Å². The van der Waals surface area contributed by atoms with Crippen LogP contribution in [0.2, 0.25) is 0 Å². The molecule has 0 aromatic carbocycles. The minimum absolute atomic E-state index is 0.104. The highest BCUT2D eigenvalue weighted by atomic mass is 32.2. The quantitative estimate of drug-likeness (QED) is 0.650. The van der Waals surface area contributed by atoms with Gasteiger partial charge in [0, 0.05) is 13.1 Å². The molecule has 14 heavy (non-hydrogen) atoms. The fourth-order valence-electron chi connectivity index (χ4n) is 1.83. The highest BCUT2D eigenvalue weighted by molar-refractivity contribution is 7.92. The Bertz CT molecular complexity index is 320. The molecule has 1 N–H and O–H groups in total. The zero-order valence-corrected chi connectivity index (χ0v) is 8.72. The van der Waals surface area contributed by atoms with Crippen molar-refractivity contribution >= 4 is 15.9 Å². The molecular formula is C8H14N2O3S. The summed E-state index contributed by atoms with van der Waals surface area (Å²) in [7, 11) is -2.83. The summed E-state index contributed by atoms with van der Waals surface area (Å²) in [5.74, 6) is 0.207. The molecular weight excluding hydrogens is 204 g/mol. The smallest absolute Gasteiger partial charge is 0.317 e. The molecule has 0 unspecified atom stereocenters. The van der Waals surface area contributed by atoms with Crippen molar-refractivity contribution in [3.05, 3.63) is 0 Å². The number of likely N-dealkylation sites (tertiary alicyclic amines) is 1. The Kier molecular flexibility index (Phi) is 2.38. The molecule has 2 aliphatic rings. The zero-order chi connectivity index (χ0) is 10.2. The SMILES string of the molecule is O=C(NC1CS(=O)(=O)C1)N1CCCC1. The topological polar surface area (TPSA) is 66.5 Å². The first-order valence-corrected chi connectivity index (χ1v) is 6.65. The number of urea groups is 1. The second-order valence-corrected chi connectivity index (χ2v) is 6.07. The molecule has 0 atom stereocenters. The van der Waals surface area contributed by atoms with Gasteiger partial charge >= 0.3 is 6.03 Å². The largest absolute Gasteiger partial charge is 0.333 e. The van der Waals surface area contributed by atoms with Crippen molar-refractivity contribution in [1.82, 2.24) is 10.2 Å². The van der Waals surface area contributed by atoms with Gasteiger partial charge in [-0.25, -0.2) is 13.2 Å². The van der Waals surface area contributed by atoms with Gasteiger partial charge in [-0.1, -0.05) is 0 Å². The van der Waals surface area contributed by atoms with Gasteiger partial charge in [-0.05, 0) is 12.8 Å². The summed E-state index contributed by atoms with van der Waals surface area (Å²) in [4.78, 5) is 13.2. The third-order valence-electron chi connectivity index (χ3n) is 2.63. The van der Waals surface area contributed by atoms with E-state index in [4.69, 9.17) is 0 Å². The van der Waals surface area contributed by atoms with E-state index in [1.807, 2.05) is 0 Å². The highest BCUT2D eigenvalue weighted by Gasteiger charge is 2.35. The van der Waals surface area contributed by atoms with E-state index in [0.29, 0.717) is 0 Å². The van der Waals surface area contributed by atoms with Gasteiger partial charge in [-0.3, -0.25) is 0 Å². The molecule has 0 aromatic rings. The van der Waals surface area contributed by atoms with Crippen LogP contribution < -0.4 is 5.32 Å². The molecule has 2 fully saturated rings.